The van der Waals surface area contributed by atoms with Gasteiger partial charge in [0, 0.05) is 39.3 Å². The van der Waals surface area contributed by atoms with E-state index in [0.717, 1.165) is 32.8 Å². The average Bonchev–Trinajstić information content (AvgIpc) is 2.38. The van der Waals surface area contributed by atoms with E-state index in [1.165, 1.54) is 0 Å². The van der Waals surface area contributed by atoms with Gasteiger partial charge in [0.2, 0.25) is 5.91 Å². The van der Waals surface area contributed by atoms with Crippen LogP contribution in [0.25, 0.3) is 0 Å². The molecule has 0 aromatic carbocycles. The van der Waals surface area contributed by atoms with E-state index in [1.807, 2.05) is 6.92 Å². The lowest BCUT2D eigenvalue weighted by atomic mass is 10.2. The van der Waals surface area contributed by atoms with Crippen molar-refractivity contribution in [1.29, 1.82) is 0 Å². The monoisotopic (exact) mass is 257 g/mol. The van der Waals surface area contributed by atoms with Crippen molar-refractivity contribution in [3.63, 3.8) is 0 Å². The maximum Gasteiger partial charge on any atom is 0.237 e. The van der Waals surface area contributed by atoms with Crippen LogP contribution in [0.5, 0.6) is 0 Å². The molecule has 1 atom stereocenters. The number of piperazine rings is 1. The van der Waals surface area contributed by atoms with Crippen LogP contribution < -0.4 is 10.6 Å². The van der Waals surface area contributed by atoms with Crippen LogP contribution in [-0.4, -0.2) is 62.8 Å². The number of carbonyl (C=O) groups is 1. The fourth-order valence-corrected chi connectivity index (χ4v) is 1.95. The van der Waals surface area contributed by atoms with Gasteiger partial charge in [0.05, 0.1) is 12.6 Å². The first kappa shape index (κ1) is 15.4. The van der Waals surface area contributed by atoms with Crippen LogP contribution in [0, 0.1) is 5.92 Å². The Bertz CT molecular complexity index is 240. The van der Waals surface area contributed by atoms with Gasteiger partial charge in [0.25, 0.3) is 0 Å². The summed E-state index contributed by atoms with van der Waals surface area (Å²) in [6.45, 7) is 12.0. The van der Waals surface area contributed by atoms with Crippen molar-refractivity contribution in [1.82, 2.24) is 15.5 Å². The summed E-state index contributed by atoms with van der Waals surface area (Å²) in [6, 6.07) is -0.0443. The zero-order valence-corrected chi connectivity index (χ0v) is 11.9. The normalized spacial score (nSPS) is 18.9. The highest BCUT2D eigenvalue weighted by Gasteiger charge is 2.21. The van der Waals surface area contributed by atoms with E-state index >= 15 is 0 Å². The lowest BCUT2D eigenvalue weighted by molar-refractivity contribution is -0.126. The van der Waals surface area contributed by atoms with Crippen molar-refractivity contribution in [2.45, 2.75) is 26.8 Å². The molecule has 0 radical (unpaired) electrons. The van der Waals surface area contributed by atoms with Gasteiger partial charge >= 0.3 is 0 Å². The quantitative estimate of drug-likeness (QED) is 0.634. The topological polar surface area (TPSA) is 53.6 Å². The summed E-state index contributed by atoms with van der Waals surface area (Å²) in [5, 5.41) is 6.21. The third kappa shape index (κ3) is 5.80. The number of hydrogen-bond donors (Lipinski definition) is 2. The van der Waals surface area contributed by atoms with Gasteiger partial charge in [-0.2, -0.15) is 0 Å². The smallest absolute Gasteiger partial charge is 0.237 e. The predicted octanol–water partition coefficient (Wildman–Crippen LogP) is 0.0689. The summed E-state index contributed by atoms with van der Waals surface area (Å²) in [4.78, 5) is 14.1. The number of hydrogen-bond acceptors (Lipinski definition) is 4. The van der Waals surface area contributed by atoms with Gasteiger partial charge in [-0.25, -0.2) is 0 Å². The van der Waals surface area contributed by atoms with Crippen LogP contribution in [-0.2, 0) is 9.53 Å². The second-order valence-corrected chi connectivity index (χ2v) is 5.22. The highest BCUT2D eigenvalue weighted by atomic mass is 16.5. The Balaban J connectivity index is 2.11. The second-order valence-electron chi connectivity index (χ2n) is 5.22. The predicted molar refractivity (Wildman–Crippen MR) is 72.6 cm³/mol. The van der Waals surface area contributed by atoms with Crippen LogP contribution in [0.1, 0.15) is 20.8 Å². The molecule has 1 aliphatic heterocycles. The fraction of sp³-hybridized carbons (Fsp3) is 0.923. The lowest BCUT2D eigenvalue weighted by Crippen LogP contribution is -2.53. The van der Waals surface area contributed by atoms with Crippen molar-refractivity contribution in [3.8, 4) is 0 Å². The Morgan fingerprint density at radius 1 is 1.33 bits per heavy atom. The molecule has 1 amide bonds. The number of ether oxygens (including phenoxy) is 1. The van der Waals surface area contributed by atoms with Crippen molar-refractivity contribution in [2.75, 3.05) is 45.9 Å². The van der Waals surface area contributed by atoms with E-state index in [1.54, 1.807) is 0 Å². The second kappa shape index (κ2) is 8.45. The third-order valence-electron chi connectivity index (χ3n) is 3.08. The molecule has 0 spiro atoms. The molecular weight excluding hydrogens is 230 g/mol. The summed E-state index contributed by atoms with van der Waals surface area (Å²) < 4.78 is 5.43. The maximum atomic E-state index is 11.9. The van der Waals surface area contributed by atoms with Crippen LogP contribution in [0.15, 0.2) is 0 Å². The summed E-state index contributed by atoms with van der Waals surface area (Å²) >= 11 is 0. The first-order chi connectivity index (χ1) is 8.61. The molecule has 0 saturated carbocycles. The van der Waals surface area contributed by atoms with Crippen molar-refractivity contribution >= 4 is 5.91 Å². The number of rotatable bonds is 7. The van der Waals surface area contributed by atoms with E-state index in [4.69, 9.17) is 4.74 Å². The Morgan fingerprint density at radius 2 is 2.00 bits per heavy atom. The van der Waals surface area contributed by atoms with Gasteiger partial charge in [-0.3, -0.25) is 9.69 Å². The molecule has 5 nitrogen and oxygen atoms in total. The molecule has 1 unspecified atom stereocenters. The van der Waals surface area contributed by atoms with Gasteiger partial charge in [0.15, 0.2) is 0 Å². The molecule has 0 aliphatic carbocycles. The van der Waals surface area contributed by atoms with E-state index < -0.39 is 0 Å². The first-order valence-corrected chi connectivity index (χ1v) is 6.91. The SMILES string of the molecule is CC(C)COCCNC(=O)C(C)N1CCNCC1. The number of nitrogens with one attached hydrogen (secondary N) is 2. The molecular formula is C13H27N3O2. The van der Waals surface area contributed by atoms with E-state index in [-0.39, 0.29) is 11.9 Å². The average molecular weight is 257 g/mol. The first-order valence-electron chi connectivity index (χ1n) is 6.91. The van der Waals surface area contributed by atoms with Gasteiger partial charge in [-0.15, -0.1) is 0 Å². The van der Waals surface area contributed by atoms with E-state index in [0.29, 0.717) is 19.1 Å². The molecule has 1 rings (SSSR count). The lowest BCUT2D eigenvalue weighted by Gasteiger charge is -2.31. The minimum Gasteiger partial charge on any atom is -0.379 e. The van der Waals surface area contributed by atoms with Gasteiger partial charge < -0.3 is 15.4 Å². The van der Waals surface area contributed by atoms with Gasteiger partial charge in [-0.05, 0) is 12.8 Å². The van der Waals surface area contributed by atoms with Crippen molar-refractivity contribution in [2.24, 2.45) is 5.92 Å². The summed E-state index contributed by atoms with van der Waals surface area (Å²) in [5.41, 5.74) is 0. The van der Waals surface area contributed by atoms with Gasteiger partial charge in [0.1, 0.15) is 0 Å². The molecule has 1 saturated heterocycles. The maximum absolute atomic E-state index is 11.9. The molecule has 0 bridgehead atoms. The summed E-state index contributed by atoms with van der Waals surface area (Å²) in [7, 11) is 0. The summed E-state index contributed by atoms with van der Waals surface area (Å²) in [5.74, 6) is 0.644. The van der Waals surface area contributed by atoms with Crippen LogP contribution in [0.3, 0.4) is 0 Å². The number of amides is 1. The standard InChI is InChI=1S/C13H27N3O2/c1-11(2)10-18-9-6-15-13(17)12(3)16-7-4-14-5-8-16/h11-12,14H,4-10H2,1-3H3,(H,15,17). The Morgan fingerprint density at radius 3 is 2.61 bits per heavy atom. The minimum absolute atomic E-state index is 0.0443. The van der Waals surface area contributed by atoms with Crippen LogP contribution in [0.2, 0.25) is 0 Å². The fourth-order valence-electron chi connectivity index (χ4n) is 1.95. The number of nitrogens with zero attached hydrogens (tertiary/aromatic N) is 1. The Kier molecular flexibility index (Phi) is 7.23. The molecule has 0 aromatic heterocycles. The molecule has 5 heteroatoms. The molecule has 2 N–H and O–H groups in total. The highest BCUT2D eigenvalue weighted by molar-refractivity contribution is 5.81. The molecule has 106 valence electrons. The molecule has 18 heavy (non-hydrogen) atoms. The minimum atomic E-state index is -0.0443. The zero-order valence-electron chi connectivity index (χ0n) is 11.9. The molecule has 1 fully saturated rings. The zero-order chi connectivity index (χ0) is 13.4. The van der Waals surface area contributed by atoms with Crippen LogP contribution >= 0.6 is 0 Å². The van der Waals surface area contributed by atoms with Crippen molar-refractivity contribution < 1.29 is 9.53 Å². The number of carbonyl (C=O) groups excluding carboxylic acids is 1. The largest absolute Gasteiger partial charge is 0.379 e. The van der Waals surface area contributed by atoms with Crippen molar-refractivity contribution in [3.05, 3.63) is 0 Å². The highest BCUT2D eigenvalue weighted by Crippen LogP contribution is 2.00. The van der Waals surface area contributed by atoms with Crippen LogP contribution in [0.4, 0.5) is 0 Å². The summed E-state index contributed by atoms with van der Waals surface area (Å²) in [6.07, 6.45) is 0. The van der Waals surface area contributed by atoms with E-state index in [2.05, 4.69) is 29.4 Å². The third-order valence-corrected chi connectivity index (χ3v) is 3.08. The van der Waals surface area contributed by atoms with E-state index in [9.17, 15) is 4.79 Å². The molecule has 1 aliphatic rings. The molecule has 1 heterocycles. The molecule has 0 aromatic rings. The Hall–Kier alpha value is -0.650. The van der Waals surface area contributed by atoms with Gasteiger partial charge in [-0.1, -0.05) is 13.8 Å². The Labute approximate surface area is 110 Å².